The van der Waals surface area contributed by atoms with Crippen LogP contribution in [0.1, 0.15) is 56.6 Å². The van der Waals surface area contributed by atoms with Crippen molar-refractivity contribution < 1.29 is 13.2 Å². The van der Waals surface area contributed by atoms with E-state index in [9.17, 15) is 13.2 Å². The molecule has 2 aliphatic rings. The third-order valence-corrected chi connectivity index (χ3v) is 8.27. The fourth-order valence-electron chi connectivity index (χ4n) is 4.42. The molecule has 2 atom stereocenters. The van der Waals surface area contributed by atoms with E-state index >= 15 is 0 Å². The topological polar surface area (TPSA) is 66.5 Å². The number of aryl methyl sites for hydroxylation is 2. The zero-order chi connectivity index (χ0) is 19.6. The van der Waals surface area contributed by atoms with Crippen molar-refractivity contribution in [1.29, 1.82) is 0 Å². The van der Waals surface area contributed by atoms with E-state index in [4.69, 9.17) is 0 Å². The number of carbonyl (C=O) groups is 1. The maximum absolute atomic E-state index is 13.0. The molecule has 1 saturated heterocycles. The first-order valence-electron chi connectivity index (χ1n) is 10.2. The number of nitrogens with one attached hydrogen (secondary N) is 1. The summed E-state index contributed by atoms with van der Waals surface area (Å²) in [5.41, 5.74) is 1.83. The van der Waals surface area contributed by atoms with Gasteiger partial charge in [0.05, 0.1) is 4.90 Å². The van der Waals surface area contributed by atoms with Crippen LogP contribution < -0.4 is 5.32 Å². The van der Waals surface area contributed by atoms with Crippen molar-refractivity contribution in [2.45, 2.75) is 70.2 Å². The van der Waals surface area contributed by atoms with E-state index in [0.717, 1.165) is 17.5 Å². The first kappa shape index (κ1) is 20.3. The summed E-state index contributed by atoms with van der Waals surface area (Å²) in [6.07, 6.45) is 5.86. The van der Waals surface area contributed by atoms with Crippen LogP contribution in [0, 0.1) is 25.7 Å². The summed E-state index contributed by atoms with van der Waals surface area (Å²) >= 11 is 0. The molecule has 1 heterocycles. The molecule has 0 radical (unpaired) electrons. The number of carbonyl (C=O) groups excluding carboxylic acids is 1. The van der Waals surface area contributed by atoms with Crippen LogP contribution >= 0.6 is 0 Å². The molecule has 150 valence electrons. The summed E-state index contributed by atoms with van der Waals surface area (Å²) in [7, 11) is -3.49. The number of rotatable bonds is 4. The number of amides is 1. The molecule has 1 aromatic carbocycles. The minimum absolute atomic E-state index is 0.0790. The molecule has 2 unspecified atom stereocenters. The predicted octanol–water partition coefficient (Wildman–Crippen LogP) is 3.40. The fraction of sp³-hybridized carbons (Fsp3) is 0.667. The summed E-state index contributed by atoms with van der Waals surface area (Å²) in [6.45, 7) is 6.83. The third-order valence-electron chi connectivity index (χ3n) is 6.21. The van der Waals surface area contributed by atoms with Gasteiger partial charge < -0.3 is 5.32 Å². The molecule has 0 aromatic heterocycles. The minimum atomic E-state index is -3.49. The Kier molecular flexibility index (Phi) is 6.26. The SMILES string of the molecule is Cc1ccc(S(=O)(=O)N2CCC(C(=O)NC3CCCCC3C)CC2)c(C)c1. The van der Waals surface area contributed by atoms with Gasteiger partial charge in [-0.25, -0.2) is 8.42 Å². The Balaban J connectivity index is 1.60. The van der Waals surface area contributed by atoms with Crippen LogP contribution in [-0.2, 0) is 14.8 Å². The Hall–Kier alpha value is -1.40. The van der Waals surface area contributed by atoms with Crippen molar-refractivity contribution in [2.75, 3.05) is 13.1 Å². The maximum Gasteiger partial charge on any atom is 0.243 e. The molecule has 1 N–H and O–H groups in total. The summed E-state index contributed by atoms with van der Waals surface area (Å²) in [4.78, 5) is 13.0. The summed E-state index contributed by atoms with van der Waals surface area (Å²) < 4.78 is 27.5. The zero-order valence-corrected chi connectivity index (χ0v) is 17.5. The molecule has 1 saturated carbocycles. The summed E-state index contributed by atoms with van der Waals surface area (Å²) in [5, 5.41) is 3.23. The molecule has 27 heavy (non-hydrogen) atoms. The quantitative estimate of drug-likeness (QED) is 0.854. The normalized spacial score (nSPS) is 25.3. The maximum atomic E-state index is 13.0. The first-order valence-corrected chi connectivity index (χ1v) is 11.6. The summed E-state index contributed by atoms with van der Waals surface area (Å²) in [6, 6.07) is 5.72. The number of hydrogen-bond acceptors (Lipinski definition) is 3. The van der Waals surface area contributed by atoms with E-state index in [2.05, 4.69) is 12.2 Å². The Morgan fingerprint density at radius 2 is 1.74 bits per heavy atom. The smallest absolute Gasteiger partial charge is 0.243 e. The van der Waals surface area contributed by atoms with E-state index in [0.29, 0.717) is 36.7 Å². The summed E-state index contributed by atoms with van der Waals surface area (Å²) in [5.74, 6) is 0.565. The average molecular weight is 393 g/mol. The van der Waals surface area contributed by atoms with Gasteiger partial charge in [0.15, 0.2) is 0 Å². The standard InChI is InChI=1S/C21H32N2O3S/c1-15-8-9-20(17(3)14-15)27(25,26)23-12-10-18(11-13-23)21(24)22-19-7-5-4-6-16(19)2/h8-9,14,16,18-19H,4-7,10-13H2,1-3H3,(H,22,24). The highest BCUT2D eigenvalue weighted by atomic mass is 32.2. The molecule has 0 bridgehead atoms. The Morgan fingerprint density at radius 1 is 1.07 bits per heavy atom. The largest absolute Gasteiger partial charge is 0.353 e. The van der Waals surface area contributed by atoms with Gasteiger partial charge in [-0.1, -0.05) is 37.5 Å². The molecule has 1 aliphatic carbocycles. The highest BCUT2D eigenvalue weighted by molar-refractivity contribution is 7.89. The second-order valence-electron chi connectivity index (χ2n) is 8.32. The molecule has 5 nitrogen and oxygen atoms in total. The van der Waals surface area contributed by atoms with E-state index in [1.807, 2.05) is 26.0 Å². The van der Waals surface area contributed by atoms with E-state index < -0.39 is 10.0 Å². The molecule has 6 heteroatoms. The zero-order valence-electron chi connectivity index (χ0n) is 16.7. The average Bonchev–Trinajstić information content (AvgIpc) is 2.63. The van der Waals surface area contributed by atoms with Gasteiger partial charge in [-0.2, -0.15) is 4.31 Å². The van der Waals surface area contributed by atoms with Crippen LogP contribution in [0.15, 0.2) is 23.1 Å². The van der Waals surface area contributed by atoms with Gasteiger partial charge in [-0.15, -0.1) is 0 Å². The second kappa shape index (κ2) is 8.31. The lowest BCUT2D eigenvalue weighted by Crippen LogP contribution is -2.47. The van der Waals surface area contributed by atoms with Gasteiger partial charge in [0, 0.05) is 25.0 Å². The minimum Gasteiger partial charge on any atom is -0.353 e. The van der Waals surface area contributed by atoms with Crippen LogP contribution in [0.2, 0.25) is 0 Å². The van der Waals surface area contributed by atoms with Gasteiger partial charge in [-0.05, 0) is 57.1 Å². The molecule has 1 amide bonds. The van der Waals surface area contributed by atoms with Crippen molar-refractivity contribution in [1.82, 2.24) is 9.62 Å². The van der Waals surface area contributed by atoms with Crippen LogP contribution in [0.4, 0.5) is 0 Å². The molecule has 1 aliphatic heterocycles. The van der Waals surface area contributed by atoms with E-state index in [1.165, 1.54) is 23.6 Å². The van der Waals surface area contributed by atoms with Crippen LogP contribution in [-0.4, -0.2) is 37.8 Å². The lowest BCUT2D eigenvalue weighted by molar-refractivity contribution is -0.127. The van der Waals surface area contributed by atoms with Crippen molar-refractivity contribution in [3.8, 4) is 0 Å². The first-order chi connectivity index (χ1) is 12.8. The fourth-order valence-corrected chi connectivity index (χ4v) is 6.09. The second-order valence-corrected chi connectivity index (χ2v) is 10.2. The number of hydrogen-bond donors (Lipinski definition) is 1. The van der Waals surface area contributed by atoms with E-state index in [1.54, 1.807) is 6.07 Å². The van der Waals surface area contributed by atoms with Gasteiger partial charge in [0.2, 0.25) is 15.9 Å². The van der Waals surface area contributed by atoms with E-state index in [-0.39, 0.29) is 17.9 Å². The van der Waals surface area contributed by atoms with Crippen molar-refractivity contribution >= 4 is 15.9 Å². The molecule has 2 fully saturated rings. The number of piperidine rings is 1. The molecular weight excluding hydrogens is 360 g/mol. The number of benzene rings is 1. The predicted molar refractivity (Wildman–Crippen MR) is 107 cm³/mol. The van der Waals surface area contributed by atoms with Crippen LogP contribution in [0.25, 0.3) is 0 Å². The Bertz CT molecular complexity index is 783. The van der Waals surface area contributed by atoms with Gasteiger partial charge >= 0.3 is 0 Å². The van der Waals surface area contributed by atoms with Crippen molar-refractivity contribution in [3.05, 3.63) is 29.3 Å². The lowest BCUT2D eigenvalue weighted by atomic mass is 9.85. The van der Waals surface area contributed by atoms with Gasteiger partial charge in [-0.3, -0.25) is 4.79 Å². The van der Waals surface area contributed by atoms with Gasteiger partial charge in [0.25, 0.3) is 0 Å². The Morgan fingerprint density at radius 3 is 2.37 bits per heavy atom. The molecule has 3 rings (SSSR count). The number of sulfonamides is 1. The van der Waals surface area contributed by atoms with Crippen LogP contribution in [0.3, 0.4) is 0 Å². The highest BCUT2D eigenvalue weighted by Crippen LogP contribution is 2.28. The molecular formula is C21H32N2O3S. The Labute approximate surface area is 163 Å². The lowest BCUT2D eigenvalue weighted by Gasteiger charge is -2.34. The van der Waals surface area contributed by atoms with Crippen molar-refractivity contribution in [2.24, 2.45) is 11.8 Å². The van der Waals surface area contributed by atoms with Gasteiger partial charge in [0.1, 0.15) is 0 Å². The number of nitrogens with zero attached hydrogens (tertiary/aromatic N) is 1. The third kappa shape index (κ3) is 4.54. The monoisotopic (exact) mass is 392 g/mol. The molecule has 0 spiro atoms. The molecule has 1 aromatic rings. The highest BCUT2D eigenvalue weighted by Gasteiger charge is 2.34. The van der Waals surface area contributed by atoms with Crippen molar-refractivity contribution in [3.63, 3.8) is 0 Å². The van der Waals surface area contributed by atoms with Crippen LogP contribution in [0.5, 0.6) is 0 Å².